The van der Waals surface area contributed by atoms with Crippen molar-refractivity contribution in [2.45, 2.75) is 58.0 Å². The minimum atomic E-state index is -0.0766. The van der Waals surface area contributed by atoms with Crippen molar-refractivity contribution in [1.29, 1.82) is 0 Å². The van der Waals surface area contributed by atoms with E-state index >= 15 is 0 Å². The summed E-state index contributed by atoms with van der Waals surface area (Å²) in [5.41, 5.74) is 1.45. The Bertz CT molecular complexity index is 1060. The van der Waals surface area contributed by atoms with Crippen molar-refractivity contribution in [3.63, 3.8) is 0 Å². The Hall–Kier alpha value is -2.25. The number of fused-ring (bicyclic) bond motifs is 1. The summed E-state index contributed by atoms with van der Waals surface area (Å²) in [6, 6.07) is 4.05. The van der Waals surface area contributed by atoms with E-state index in [4.69, 9.17) is 4.98 Å². The van der Waals surface area contributed by atoms with Gasteiger partial charge in [-0.25, -0.2) is 4.98 Å². The number of hydrogen-bond donors (Lipinski definition) is 1. The summed E-state index contributed by atoms with van der Waals surface area (Å²) < 4.78 is 0. The third-order valence-electron chi connectivity index (χ3n) is 6.87. The van der Waals surface area contributed by atoms with E-state index in [1.54, 1.807) is 4.90 Å². The predicted molar refractivity (Wildman–Crippen MR) is 122 cm³/mol. The molecular weight excluding hydrogens is 408 g/mol. The summed E-state index contributed by atoms with van der Waals surface area (Å²) in [5, 5.41) is 0. The Labute approximate surface area is 187 Å². The molecule has 0 saturated carbocycles. The van der Waals surface area contributed by atoms with Gasteiger partial charge in [0.1, 0.15) is 5.82 Å². The van der Waals surface area contributed by atoms with Crippen LogP contribution in [-0.2, 0) is 13.0 Å². The molecule has 2 aromatic rings. The molecule has 0 spiro atoms. The topological polar surface area (TPSA) is 69.3 Å². The number of nitrogens with zero attached hydrogens (tertiary/aromatic N) is 3. The Morgan fingerprint density at radius 2 is 2.16 bits per heavy atom. The van der Waals surface area contributed by atoms with Gasteiger partial charge in [-0.2, -0.15) is 0 Å². The summed E-state index contributed by atoms with van der Waals surface area (Å²) in [6.07, 6.45) is 11.0. The highest BCUT2D eigenvalue weighted by molar-refractivity contribution is 7.13. The van der Waals surface area contributed by atoms with Crippen molar-refractivity contribution in [2.24, 2.45) is 5.92 Å². The van der Waals surface area contributed by atoms with Crippen LogP contribution < -0.4 is 5.56 Å². The van der Waals surface area contributed by atoms with Crippen molar-refractivity contribution in [1.82, 2.24) is 19.8 Å². The zero-order valence-corrected chi connectivity index (χ0v) is 18.9. The van der Waals surface area contributed by atoms with E-state index < -0.39 is 0 Å². The van der Waals surface area contributed by atoms with Crippen LogP contribution >= 0.6 is 11.3 Å². The Balaban J connectivity index is 1.33. The largest absolute Gasteiger partial charge is 0.333 e. The molecule has 4 heterocycles. The molecule has 0 radical (unpaired) electrons. The molecule has 2 unspecified atom stereocenters. The van der Waals surface area contributed by atoms with E-state index in [2.05, 4.69) is 22.0 Å². The van der Waals surface area contributed by atoms with Gasteiger partial charge in [-0.15, -0.1) is 11.3 Å². The molecule has 1 saturated heterocycles. The number of thiophene rings is 1. The second kappa shape index (κ2) is 8.71. The molecule has 1 amide bonds. The smallest absolute Gasteiger partial charge is 0.264 e. The van der Waals surface area contributed by atoms with Gasteiger partial charge in [-0.1, -0.05) is 12.2 Å². The highest BCUT2D eigenvalue weighted by Gasteiger charge is 2.32. The van der Waals surface area contributed by atoms with Crippen molar-refractivity contribution in [3.05, 3.63) is 61.5 Å². The number of amides is 1. The monoisotopic (exact) mass is 438 g/mol. The second-order valence-electron chi connectivity index (χ2n) is 9.07. The second-order valence-corrected chi connectivity index (χ2v) is 10.4. The van der Waals surface area contributed by atoms with Gasteiger partial charge in [0.05, 0.1) is 28.7 Å². The minimum Gasteiger partial charge on any atom is -0.333 e. The molecule has 1 aliphatic carbocycles. The summed E-state index contributed by atoms with van der Waals surface area (Å²) >= 11 is 1.51. The van der Waals surface area contributed by atoms with E-state index in [9.17, 15) is 9.59 Å². The van der Waals surface area contributed by atoms with Crippen molar-refractivity contribution >= 4 is 17.2 Å². The highest BCUT2D eigenvalue weighted by atomic mass is 32.1. The molecule has 2 atom stereocenters. The first-order valence-corrected chi connectivity index (χ1v) is 12.3. The molecule has 0 aromatic carbocycles. The fraction of sp³-hybridized carbons (Fsp3) is 0.542. The summed E-state index contributed by atoms with van der Waals surface area (Å²) in [7, 11) is 0. The average Bonchev–Trinajstić information content (AvgIpc) is 3.43. The number of rotatable bonds is 4. The van der Waals surface area contributed by atoms with Crippen molar-refractivity contribution in [2.75, 3.05) is 19.6 Å². The molecule has 0 bridgehead atoms. The van der Waals surface area contributed by atoms with Crippen molar-refractivity contribution in [3.8, 4) is 0 Å². The number of carbonyl (C=O) groups excluding carboxylic acids is 1. The predicted octanol–water partition coefficient (Wildman–Crippen LogP) is 3.83. The van der Waals surface area contributed by atoms with Crippen LogP contribution in [0.25, 0.3) is 0 Å². The number of nitrogens with one attached hydrogen (secondary N) is 1. The minimum absolute atomic E-state index is 0.00993. The molecule has 3 aliphatic rings. The van der Waals surface area contributed by atoms with Gasteiger partial charge in [0.25, 0.3) is 11.5 Å². The molecule has 2 aromatic heterocycles. The van der Waals surface area contributed by atoms with Crippen molar-refractivity contribution < 1.29 is 4.79 Å². The quantitative estimate of drug-likeness (QED) is 0.737. The summed E-state index contributed by atoms with van der Waals surface area (Å²) in [4.78, 5) is 40.0. The Morgan fingerprint density at radius 1 is 1.26 bits per heavy atom. The van der Waals surface area contributed by atoms with Crippen LogP contribution in [0.5, 0.6) is 0 Å². The third kappa shape index (κ3) is 4.26. The van der Waals surface area contributed by atoms with E-state index in [-0.39, 0.29) is 17.5 Å². The van der Waals surface area contributed by atoms with E-state index in [0.29, 0.717) is 31.0 Å². The van der Waals surface area contributed by atoms with Gasteiger partial charge in [0.15, 0.2) is 0 Å². The zero-order chi connectivity index (χ0) is 21.4. The fourth-order valence-electron chi connectivity index (χ4n) is 5.19. The van der Waals surface area contributed by atoms with Crippen LogP contribution in [0.15, 0.2) is 29.1 Å². The summed E-state index contributed by atoms with van der Waals surface area (Å²) in [5.74, 6) is 1.53. The van der Waals surface area contributed by atoms with Crippen LogP contribution in [0.1, 0.15) is 69.8 Å². The molecule has 5 rings (SSSR count). The number of H-pyrrole nitrogens is 1. The van der Waals surface area contributed by atoms with Crippen LogP contribution in [-0.4, -0.2) is 45.3 Å². The lowest BCUT2D eigenvalue weighted by atomic mass is 9.93. The zero-order valence-electron chi connectivity index (χ0n) is 18.1. The number of allylic oxidation sites excluding steroid dienone is 2. The van der Waals surface area contributed by atoms with Gasteiger partial charge in [0.2, 0.25) is 0 Å². The van der Waals surface area contributed by atoms with Crippen LogP contribution in [0, 0.1) is 12.8 Å². The molecule has 1 fully saturated rings. The van der Waals surface area contributed by atoms with Gasteiger partial charge >= 0.3 is 0 Å². The number of aromatic amines is 1. The van der Waals surface area contributed by atoms with Crippen LogP contribution in [0.2, 0.25) is 0 Å². The fourth-order valence-corrected chi connectivity index (χ4v) is 6.02. The van der Waals surface area contributed by atoms with Gasteiger partial charge in [-0.3, -0.25) is 14.5 Å². The number of aryl methyl sites for hydroxylation is 1. The number of aromatic nitrogens is 2. The van der Waals surface area contributed by atoms with E-state index in [1.165, 1.54) is 24.2 Å². The lowest BCUT2D eigenvalue weighted by Crippen LogP contribution is -2.40. The molecule has 6 nitrogen and oxygen atoms in total. The normalized spacial score (nSPS) is 23.8. The number of likely N-dealkylation sites (tertiary alicyclic amines) is 1. The number of carbonyl (C=O) groups is 1. The summed E-state index contributed by atoms with van der Waals surface area (Å²) in [6.45, 7) is 5.12. The molecule has 31 heavy (non-hydrogen) atoms. The van der Waals surface area contributed by atoms with Gasteiger partial charge in [0, 0.05) is 24.4 Å². The van der Waals surface area contributed by atoms with Gasteiger partial charge < -0.3 is 9.88 Å². The first-order chi connectivity index (χ1) is 15.1. The maximum Gasteiger partial charge on any atom is 0.264 e. The molecule has 7 heteroatoms. The lowest BCUT2D eigenvalue weighted by Gasteiger charge is -2.31. The van der Waals surface area contributed by atoms with E-state index in [0.717, 1.165) is 53.6 Å². The van der Waals surface area contributed by atoms with Crippen LogP contribution in [0.4, 0.5) is 0 Å². The standard InChI is InChI=1S/C24H30N4O2S/c1-16-9-10-21(31-16)24(30)28-13-11-19-18(15-28)23(29)26-22(25-19)20-8-5-12-27(20)14-17-6-3-2-4-7-17/h2-3,9-10,17,20H,4-8,11-15H2,1H3,(H,25,26,29). The maximum atomic E-state index is 13.0. The molecule has 2 aliphatic heterocycles. The first-order valence-electron chi connectivity index (χ1n) is 11.4. The molecular formula is C24H30N4O2S. The first kappa shape index (κ1) is 20.6. The Morgan fingerprint density at radius 3 is 2.94 bits per heavy atom. The maximum absolute atomic E-state index is 13.0. The molecule has 164 valence electrons. The van der Waals surface area contributed by atoms with Gasteiger partial charge in [-0.05, 0) is 63.6 Å². The van der Waals surface area contributed by atoms with E-state index in [1.807, 2.05) is 19.1 Å². The molecule has 1 N–H and O–H groups in total. The highest BCUT2D eigenvalue weighted by Crippen LogP contribution is 2.33. The lowest BCUT2D eigenvalue weighted by molar-refractivity contribution is 0.0737. The SMILES string of the molecule is Cc1ccc(C(=O)N2CCc3nc(C4CCCN4CC4CC=CCC4)[nH]c(=O)c3C2)s1. The number of hydrogen-bond acceptors (Lipinski definition) is 5. The third-order valence-corrected chi connectivity index (χ3v) is 7.86. The van der Waals surface area contributed by atoms with Crippen LogP contribution in [0.3, 0.4) is 0 Å². The Kier molecular flexibility index (Phi) is 5.80. The average molecular weight is 439 g/mol.